The van der Waals surface area contributed by atoms with Crippen molar-refractivity contribution in [1.82, 2.24) is 5.43 Å². The molecule has 0 radical (unpaired) electrons. The van der Waals surface area contributed by atoms with Gasteiger partial charge in [-0.1, -0.05) is 17.7 Å². The van der Waals surface area contributed by atoms with Crippen LogP contribution in [0.5, 0.6) is 11.5 Å². The van der Waals surface area contributed by atoms with E-state index in [1.807, 2.05) is 0 Å². The number of hydrogen-bond donors (Lipinski definition) is 3. The molecule has 0 heterocycles. The van der Waals surface area contributed by atoms with Gasteiger partial charge in [0.25, 0.3) is 0 Å². The number of hydrazone groups is 1. The molecule has 0 saturated heterocycles. The normalized spacial score (nSPS) is 10.6. The zero-order valence-corrected chi connectivity index (χ0v) is 14.4. The van der Waals surface area contributed by atoms with E-state index in [-0.39, 0.29) is 11.7 Å². The lowest BCUT2D eigenvalue weighted by Gasteiger charge is -2.12. The summed E-state index contributed by atoms with van der Waals surface area (Å²) in [4.78, 5) is 0. The fraction of sp³-hybridized carbons (Fsp3) is 0.125. The molecule has 2 rings (SSSR count). The average Bonchev–Trinajstić information content (AvgIpc) is 2.54. The maximum Gasteiger partial charge on any atom is 0.221 e. The molecule has 0 unspecified atom stereocenters. The van der Waals surface area contributed by atoms with Crippen molar-refractivity contribution in [3.8, 4) is 11.5 Å². The van der Waals surface area contributed by atoms with Crippen LogP contribution in [0.3, 0.4) is 0 Å². The zero-order valence-electron chi connectivity index (χ0n) is 12.8. The SMILES string of the molecule is COc1cc(C=[NH+]NC(N)=S)ccc1OCc1c(F)cccc1Cl. The van der Waals surface area contributed by atoms with E-state index in [2.05, 4.69) is 22.7 Å². The monoisotopic (exact) mass is 368 g/mol. The van der Waals surface area contributed by atoms with Crippen molar-refractivity contribution in [2.24, 2.45) is 5.73 Å². The van der Waals surface area contributed by atoms with Gasteiger partial charge < -0.3 is 15.2 Å². The first-order chi connectivity index (χ1) is 11.5. The highest BCUT2D eigenvalue weighted by Crippen LogP contribution is 2.29. The molecule has 0 spiro atoms. The fourth-order valence-electron chi connectivity index (χ4n) is 1.90. The van der Waals surface area contributed by atoms with E-state index in [9.17, 15) is 4.39 Å². The fourth-order valence-corrected chi connectivity index (χ4v) is 2.18. The second-order valence-electron chi connectivity index (χ2n) is 4.68. The molecule has 2 aromatic rings. The number of hydrogen-bond acceptors (Lipinski definition) is 3. The smallest absolute Gasteiger partial charge is 0.221 e. The van der Waals surface area contributed by atoms with Gasteiger partial charge in [0.15, 0.2) is 17.7 Å². The van der Waals surface area contributed by atoms with Crippen LogP contribution in [0.1, 0.15) is 11.1 Å². The molecule has 0 atom stereocenters. The van der Waals surface area contributed by atoms with E-state index >= 15 is 0 Å². The van der Waals surface area contributed by atoms with Crippen LogP contribution in [-0.2, 0) is 6.61 Å². The van der Waals surface area contributed by atoms with Crippen molar-refractivity contribution >= 4 is 35.1 Å². The number of ether oxygens (including phenoxy) is 2. The van der Waals surface area contributed by atoms with E-state index in [0.717, 1.165) is 5.56 Å². The van der Waals surface area contributed by atoms with E-state index in [4.69, 9.17) is 26.8 Å². The molecule has 2 aromatic carbocycles. The summed E-state index contributed by atoms with van der Waals surface area (Å²) in [6.07, 6.45) is 1.65. The molecule has 0 bridgehead atoms. The predicted octanol–water partition coefficient (Wildman–Crippen LogP) is 1.31. The van der Waals surface area contributed by atoms with Crippen LogP contribution in [-0.4, -0.2) is 18.4 Å². The quantitative estimate of drug-likeness (QED) is 0.407. The van der Waals surface area contributed by atoms with E-state index < -0.39 is 5.82 Å². The molecular formula is C16H16ClFN3O2S+. The van der Waals surface area contributed by atoms with Gasteiger partial charge in [-0.25, -0.2) is 4.39 Å². The van der Waals surface area contributed by atoms with Gasteiger partial charge in [-0.15, -0.1) is 10.5 Å². The summed E-state index contributed by atoms with van der Waals surface area (Å²) >= 11 is 10.7. The Balaban J connectivity index is 2.13. The Labute approximate surface area is 149 Å². The van der Waals surface area contributed by atoms with Crippen LogP contribution in [0, 0.1) is 5.82 Å². The van der Waals surface area contributed by atoms with E-state index in [0.29, 0.717) is 22.1 Å². The van der Waals surface area contributed by atoms with Gasteiger partial charge in [0.05, 0.1) is 12.1 Å². The van der Waals surface area contributed by atoms with Crippen LogP contribution < -0.4 is 25.7 Å². The number of thiocarbonyl (C=S) groups is 1. The van der Waals surface area contributed by atoms with Crippen molar-refractivity contribution in [3.63, 3.8) is 0 Å². The number of halogens is 2. The molecular weight excluding hydrogens is 353 g/mol. The molecule has 0 aliphatic rings. The third kappa shape index (κ3) is 4.81. The summed E-state index contributed by atoms with van der Waals surface area (Å²) < 4.78 is 24.7. The highest BCUT2D eigenvalue weighted by Gasteiger charge is 2.11. The number of methoxy groups -OCH3 is 1. The van der Waals surface area contributed by atoms with Crippen molar-refractivity contribution in [1.29, 1.82) is 0 Å². The Morgan fingerprint density at radius 2 is 2.17 bits per heavy atom. The maximum atomic E-state index is 13.8. The lowest BCUT2D eigenvalue weighted by molar-refractivity contribution is -0.499. The molecule has 24 heavy (non-hydrogen) atoms. The summed E-state index contributed by atoms with van der Waals surface area (Å²) in [5.74, 6) is 0.545. The summed E-state index contributed by atoms with van der Waals surface area (Å²) in [5, 5.41) is 3.18. The minimum absolute atomic E-state index is 0.00776. The van der Waals surface area contributed by atoms with E-state index in [1.165, 1.54) is 13.2 Å². The van der Waals surface area contributed by atoms with Gasteiger partial charge in [0.2, 0.25) is 5.11 Å². The predicted molar refractivity (Wildman–Crippen MR) is 94.8 cm³/mol. The topological polar surface area (TPSA) is 70.5 Å². The largest absolute Gasteiger partial charge is 0.493 e. The van der Waals surface area contributed by atoms with Gasteiger partial charge in [-0.05, 0) is 42.5 Å². The second-order valence-corrected chi connectivity index (χ2v) is 5.52. The minimum atomic E-state index is -0.417. The zero-order chi connectivity index (χ0) is 17.5. The van der Waals surface area contributed by atoms with Gasteiger partial charge in [0.1, 0.15) is 12.4 Å². The Morgan fingerprint density at radius 1 is 1.38 bits per heavy atom. The number of nitrogens with one attached hydrogen (secondary N) is 2. The average molecular weight is 369 g/mol. The first-order valence-corrected chi connectivity index (χ1v) is 7.68. The number of hydrazine groups is 1. The molecule has 126 valence electrons. The van der Waals surface area contributed by atoms with E-state index in [1.54, 1.807) is 36.5 Å². The van der Waals surface area contributed by atoms with Gasteiger partial charge >= 0.3 is 0 Å². The van der Waals surface area contributed by atoms with Crippen LogP contribution >= 0.6 is 23.8 Å². The molecule has 0 saturated carbocycles. The standard InChI is InChI=1S/C16H15ClFN3O2S/c1-22-15-7-10(8-20-21-16(19)24)5-6-14(15)23-9-11-12(17)3-2-4-13(11)18/h2-8H,9H2,1H3,(H3,19,21,24)/p+1. The third-order valence-electron chi connectivity index (χ3n) is 3.06. The molecule has 0 amide bonds. The first-order valence-electron chi connectivity index (χ1n) is 6.89. The Hall–Kier alpha value is -2.38. The number of benzene rings is 2. The summed E-state index contributed by atoms with van der Waals surface area (Å²) in [6, 6.07) is 9.73. The summed E-state index contributed by atoms with van der Waals surface area (Å²) in [5.41, 5.74) is 8.98. The lowest BCUT2D eigenvalue weighted by atomic mass is 10.2. The molecule has 8 heteroatoms. The number of nitrogens with two attached hydrogens (primary N) is 1. The van der Waals surface area contributed by atoms with Crippen LogP contribution in [0.4, 0.5) is 4.39 Å². The Bertz CT molecular complexity index is 751. The maximum absolute atomic E-state index is 13.8. The van der Waals surface area contributed by atoms with Crippen molar-refractivity contribution in [2.75, 3.05) is 7.11 Å². The first kappa shape index (κ1) is 18.0. The Morgan fingerprint density at radius 3 is 2.83 bits per heavy atom. The van der Waals surface area contributed by atoms with Gasteiger partial charge in [0, 0.05) is 11.1 Å². The summed E-state index contributed by atoms with van der Waals surface area (Å²) in [6.45, 7) is -0.00776. The summed E-state index contributed by atoms with van der Waals surface area (Å²) in [7, 11) is 1.52. The van der Waals surface area contributed by atoms with Crippen molar-refractivity contribution < 1.29 is 19.0 Å². The molecule has 0 aliphatic carbocycles. The third-order valence-corrected chi connectivity index (χ3v) is 3.51. The Kier molecular flexibility index (Phi) is 6.34. The van der Waals surface area contributed by atoms with Crippen LogP contribution in [0.2, 0.25) is 5.02 Å². The minimum Gasteiger partial charge on any atom is -0.493 e. The number of rotatable bonds is 6. The molecule has 4 N–H and O–H groups in total. The highest BCUT2D eigenvalue weighted by atomic mass is 35.5. The molecule has 0 fully saturated rings. The van der Waals surface area contributed by atoms with Crippen LogP contribution in [0.25, 0.3) is 0 Å². The van der Waals surface area contributed by atoms with Gasteiger partial charge in [-0.2, -0.15) is 0 Å². The van der Waals surface area contributed by atoms with Crippen LogP contribution in [0.15, 0.2) is 36.4 Å². The van der Waals surface area contributed by atoms with Gasteiger partial charge in [-0.3, -0.25) is 0 Å². The van der Waals surface area contributed by atoms with Crippen molar-refractivity contribution in [3.05, 3.63) is 58.4 Å². The highest BCUT2D eigenvalue weighted by molar-refractivity contribution is 7.80. The molecule has 0 aliphatic heterocycles. The molecule has 5 nitrogen and oxygen atoms in total. The van der Waals surface area contributed by atoms with Crippen molar-refractivity contribution in [2.45, 2.75) is 6.61 Å². The second kappa shape index (κ2) is 8.47. The lowest BCUT2D eigenvalue weighted by Crippen LogP contribution is -2.82. The molecule has 0 aromatic heterocycles.